The number of hydrogen-bond donors (Lipinski definition) is 1. The van der Waals surface area contributed by atoms with Crippen molar-refractivity contribution in [3.63, 3.8) is 0 Å². The number of hydrogen-bond acceptors (Lipinski definition) is 7. The number of thiazole rings is 1. The monoisotopic (exact) mass is 486 g/mol. The molecule has 1 aliphatic heterocycles. The molecule has 166 valence electrons. The molecule has 0 spiro atoms. The minimum absolute atomic E-state index is 0.0988. The van der Waals surface area contributed by atoms with Gasteiger partial charge in [-0.05, 0) is 18.2 Å². The molecular formula is C23H23ClN4O2S2. The number of rotatable bonds is 6. The molecular weight excluding hydrogens is 464 g/mol. The Labute approximate surface area is 199 Å². The average Bonchev–Trinajstić information content (AvgIpc) is 3.41. The predicted octanol–water partition coefficient (Wildman–Crippen LogP) is 4.73. The van der Waals surface area contributed by atoms with Crippen molar-refractivity contribution in [2.45, 2.75) is 0 Å². The van der Waals surface area contributed by atoms with Crippen molar-refractivity contribution in [3.8, 4) is 5.75 Å². The predicted molar refractivity (Wildman–Crippen MR) is 134 cm³/mol. The number of para-hydroxylation sites is 1. The molecule has 1 fully saturated rings. The molecule has 0 unspecified atom stereocenters. The van der Waals surface area contributed by atoms with E-state index in [0.29, 0.717) is 16.4 Å². The molecule has 1 aliphatic rings. The maximum atomic E-state index is 12.6. The number of ether oxygens (including phenoxy) is 1. The van der Waals surface area contributed by atoms with Gasteiger partial charge in [-0.3, -0.25) is 9.69 Å². The van der Waals surface area contributed by atoms with Crippen LogP contribution in [0.4, 0.5) is 5.13 Å². The molecule has 2 aromatic heterocycles. The van der Waals surface area contributed by atoms with Crippen molar-refractivity contribution in [2.24, 2.45) is 0 Å². The van der Waals surface area contributed by atoms with Crippen LogP contribution in [0.15, 0.2) is 42.5 Å². The van der Waals surface area contributed by atoms with E-state index in [4.69, 9.17) is 21.3 Å². The number of thiophene rings is 1. The van der Waals surface area contributed by atoms with Crippen LogP contribution in [0, 0.1) is 0 Å². The van der Waals surface area contributed by atoms with Gasteiger partial charge in [-0.15, -0.1) is 11.3 Å². The minimum Gasteiger partial charge on any atom is -0.494 e. The molecule has 3 heterocycles. The van der Waals surface area contributed by atoms with E-state index in [1.54, 1.807) is 18.4 Å². The Hall–Kier alpha value is -2.39. The average molecular weight is 487 g/mol. The van der Waals surface area contributed by atoms with Crippen LogP contribution in [0.5, 0.6) is 5.75 Å². The van der Waals surface area contributed by atoms with Gasteiger partial charge in [0.15, 0.2) is 5.13 Å². The second kappa shape index (κ2) is 9.23. The van der Waals surface area contributed by atoms with E-state index in [1.807, 2.05) is 36.4 Å². The van der Waals surface area contributed by atoms with E-state index in [0.717, 1.165) is 63.9 Å². The van der Waals surface area contributed by atoms with Crippen molar-refractivity contribution in [3.05, 3.63) is 52.4 Å². The molecule has 5 rings (SSSR count). The van der Waals surface area contributed by atoms with Gasteiger partial charge in [0, 0.05) is 49.4 Å². The van der Waals surface area contributed by atoms with Crippen LogP contribution in [0.25, 0.3) is 20.3 Å². The van der Waals surface area contributed by atoms with Crippen LogP contribution < -0.4 is 15.0 Å². The first kappa shape index (κ1) is 21.5. The standard InChI is InChI=1S/C23H23ClN4O2S2/c1-30-16-6-4-8-18-20(16)26-23(32-18)28-13-11-27(12-14-28)10-9-25-22(29)21-19(24)15-5-2-3-7-17(15)31-21/h2-8H,9-14H2,1H3,(H,25,29). The summed E-state index contributed by atoms with van der Waals surface area (Å²) in [6, 6.07) is 13.9. The van der Waals surface area contributed by atoms with E-state index in [2.05, 4.69) is 21.2 Å². The fourth-order valence-electron chi connectivity index (χ4n) is 3.94. The number of fused-ring (bicyclic) bond motifs is 2. The fraction of sp³-hybridized carbons (Fsp3) is 0.304. The van der Waals surface area contributed by atoms with Gasteiger partial charge in [-0.2, -0.15) is 0 Å². The molecule has 4 aromatic rings. The van der Waals surface area contributed by atoms with Gasteiger partial charge in [0.2, 0.25) is 0 Å². The number of nitrogens with one attached hydrogen (secondary N) is 1. The number of nitrogens with zero attached hydrogens (tertiary/aromatic N) is 3. The van der Waals surface area contributed by atoms with Gasteiger partial charge in [0.1, 0.15) is 16.1 Å². The Bertz CT molecular complexity index is 1260. The first-order valence-corrected chi connectivity index (χ1v) is 12.5. The highest BCUT2D eigenvalue weighted by Crippen LogP contribution is 2.35. The topological polar surface area (TPSA) is 57.7 Å². The number of carbonyl (C=O) groups excluding carboxylic acids is 1. The van der Waals surface area contributed by atoms with Gasteiger partial charge >= 0.3 is 0 Å². The van der Waals surface area contributed by atoms with Crippen LogP contribution in [0.3, 0.4) is 0 Å². The lowest BCUT2D eigenvalue weighted by Gasteiger charge is -2.34. The van der Waals surface area contributed by atoms with Gasteiger partial charge in [0.05, 0.1) is 16.8 Å². The molecule has 1 amide bonds. The molecule has 32 heavy (non-hydrogen) atoms. The van der Waals surface area contributed by atoms with Crippen molar-refractivity contribution >= 4 is 65.6 Å². The lowest BCUT2D eigenvalue weighted by atomic mass is 10.2. The highest BCUT2D eigenvalue weighted by molar-refractivity contribution is 7.22. The van der Waals surface area contributed by atoms with E-state index < -0.39 is 0 Å². The van der Waals surface area contributed by atoms with Crippen molar-refractivity contribution < 1.29 is 9.53 Å². The molecule has 9 heteroatoms. The third-order valence-electron chi connectivity index (χ3n) is 5.69. The van der Waals surface area contributed by atoms with E-state index in [9.17, 15) is 4.79 Å². The summed E-state index contributed by atoms with van der Waals surface area (Å²) in [6.07, 6.45) is 0. The molecule has 0 saturated carbocycles. The quantitative estimate of drug-likeness (QED) is 0.427. The summed E-state index contributed by atoms with van der Waals surface area (Å²) in [5.74, 6) is 0.719. The molecule has 0 atom stereocenters. The van der Waals surface area contributed by atoms with Crippen LogP contribution in [-0.2, 0) is 0 Å². The summed E-state index contributed by atoms with van der Waals surface area (Å²) in [4.78, 5) is 22.7. The maximum Gasteiger partial charge on any atom is 0.262 e. The van der Waals surface area contributed by atoms with Crippen LogP contribution in [0.1, 0.15) is 9.67 Å². The maximum absolute atomic E-state index is 12.6. The highest BCUT2D eigenvalue weighted by atomic mass is 35.5. The zero-order valence-corrected chi connectivity index (χ0v) is 20.0. The Kier molecular flexibility index (Phi) is 6.19. The second-order valence-corrected chi connectivity index (χ2v) is 10.1. The van der Waals surface area contributed by atoms with E-state index in [-0.39, 0.29) is 5.91 Å². The van der Waals surface area contributed by atoms with Crippen LogP contribution in [-0.4, -0.2) is 62.2 Å². The number of methoxy groups -OCH3 is 1. The van der Waals surface area contributed by atoms with Crippen LogP contribution >= 0.6 is 34.3 Å². The summed E-state index contributed by atoms with van der Waals surface area (Å²) in [5, 5.41) is 5.55. The van der Waals surface area contributed by atoms with Crippen LogP contribution in [0.2, 0.25) is 5.02 Å². The Balaban J connectivity index is 1.14. The molecule has 1 saturated heterocycles. The first-order valence-electron chi connectivity index (χ1n) is 10.5. The SMILES string of the molecule is COc1cccc2sc(N3CCN(CCNC(=O)c4sc5ccccc5c4Cl)CC3)nc12. The van der Waals surface area contributed by atoms with E-state index in [1.165, 1.54) is 11.3 Å². The zero-order valence-electron chi connectivity index (χ0n) is 17.6. The summed E-state index contributed by atoms with van der Waals surface area (Å²) in [7, 11) is 1.68. The number of amides is 1. The summed E-state index contributed by atoms with van der Waals surface area (Å²) in [6.45, 7) is 5.12. The molecule has 0 bridgehead atoms. The summed E-state index contributed by atoms with van der Waals surface area (Å²) in [5.41, 5.74) is 0.931. The number of anilines is 1. The molecule has 2 aromatic carbocycles. The number of carbonyl (C=O) groups is 1. The lowest BCUT2D eigenvalue weighted by Crippen LogP contribution is -2.48. The number of benzene rings is 2. The molecule has 1 N–H and O–H groups in total. The summed E-state index contributed by atoms with van der Waals surface area (Å²) >= 11 is 9.57. The van der Waals surface area contributed by atoms with Crippen molar-refractivity contribution in [1.82, 2.24) is 15.2 Å². The van der Waals surface area contributed by atoms with Gasteiger partial charge < -0.3 is 15.0 Å². The molecule has 0 aliphatic carbocycles. The largest absolute Gasteiger partial charge is 0.494 e. The van der Waals surface area contributed by atoms with Crippen molar-refractivity contribution in [2.75, 3.05) is 51.3 Å². The smallest absolute Gasteiger partial charge is 0.262 e. The normalized spacial score (nSPS) is 14.9. The highest BCUT2D eigenvalue weighted by Gasteiger charge is 2.21. The van der Waals surface area contributed by atoms with Crippen molar-refractivity contribution in [1.29, 1.82) is 0 Å². The second-order valence-electron chi connectivity index (χ2n) is 7.63. The summed E-state index contributed by atoms with van der Waals surface area (Å²) < 4.78 is 7.62. The van der Waals surface area contributed by atoms with Gasteiger partial charge in [-0.1, -0.05) is 47.2 Å². The third-order valence-corrected chi connectivity index (χ3v) is 8.44. The molecule has 6 nitrogen and oxygen atoms in total. The third kappa shape index (κ3) is 4.15. The Morgan fingerprint density at radius 2 is 1.88 bits per heavy atom. The lowest BCUT2D eigenvalue weighted by molar-refractivity contribution is 0.0952. The number of halogens is 1. The number of aromatic nitrogens is 1. The Morgan fingerprint density at radius 1 is 1.09 bits per heavy atom. The van der Waals surface area contributed by atoms with Gasteiger partial charge in [-0.25, -0.2) is 4.98 Å². The van der Waals surface area contributed by atoms with E-state index >= 15 is 0 Å². The zero-order chi connectivity index (χ0) is 22.1. The first-order chi connectivity index (χ1) is 15.6. The molecule has 0 radical (unpaired) electrons. The Morgan fingerprint density at radius 3 is 2.66 bits per heavy atom. The van der Waals surface area contributed by atoms with Gasteiger partial charge in [0.25, 0.3) is 5.91 Å². The minimum atomic E-state index is -0.0988. The fourth-order valence-corrected chi connectivity index (χ4v) is 6.41. The number of piperazine rings is 1.